The average molecular weight is 481 g/mol. The highest BCUT2D eigenvalue weighted by atomic mass is 32.2. The second-order valence-electron chi connectivity index (χ2n) is 8.50. The summed E-state index contributed by atoms with van der Waals surface area (Å²) >= 11 is 0.634. The standard InChI is InChI=1S/C21H28N4O5S2/c1-11(2)14-6-12(9-22)7-15(13-4-5-13)16(14)8-18(27)25-32(23,30)19-17(10-26)24-20(31-19)21(3,28)29/h6-7,11,13,18,26-29H,4-5,8,10H2,1-3H3,(H2,23,25,30)/t18?,32-/m0/s1. The van der Waals surface area contributed by atoms with E-state index in [1.807, 2.05) is 19.9 Å². The van der Waals surface area contributed by atoms with Gasteiger partial charge in [0, 0.05) is 6.42 Å². The first-order chi connectivity index (χ1) is 14.9. The van der Waals surface area contributed by atoms with Gasteiger partial charge in [-0.05, 0) is 60.4 Å². The van der Waals surface area contributed by atoms with Gasteiger partial charge in [0.25, 0.3) is 0 Å². The summed E-state index contributed by atoms with van der Waals surface area (Å²) in [6.45, 7) is 4.42. The normalized spacial score (nSPS) is 17.2. The summed E-state index contributed by atoms with van der Waals surface area (Å²) in [4.78, 5) is 3.88. The summed E-state index contributed by atoms with van der Waals surface area (Å²) in [6, 6.07) is 5.83. The maximum absolute atomic E-state index is 13.1. The van der Waals surface area contributed by atoms with Gasteiger partial charge < -0.3 is 20.4 Å². The molecule has 1 saturated carbocycles. The van der Waals surface area contributed by atoms with Gasteiger partial charge in [0.05, 0.1) is 23.9 Å². The molecule has 174 valence electrons. The minimum atomic E-state index is -3.80. The van der Waals surface area contributed by atoms with Gasteiger partial charge in [0.1, 0.15) is 20.4 Å². The molecule has 1 aromatic carbocycles. The molecule has 9 nitrogen and oxygen atoms in total. The molecule has 0 saturated heterocycles. The van der Waals surface area contributed by atoms with Crippen LogP contribution in [0, 0.1) is 16.1 Å². The monoisotopic (exact) mass is 480 g/mol. The van der Waals surface area contributed by atoms with Crippen LogP contribution >= 0.6 is 11.3 Å². The summed E-state index contributed by atoms with van der Waals surface area (Å²) in [6.07, 6.45) is 0.735. The summed E-state index contributed by atoms with van der Waals surface area (Å²) in [5.41, 5.74) is 3.25. The third kappa shape index (κ3) is 5.35. The second-order valence-corrected chi connectivity index (χ2v) is 11.5. The van der Waals surface area contributed by atoms with Gasteiger partial charge >= 0.3 is 0 Å². The predicted octanol–water partition coefficient (Wildman–Crippen LogP) is 2.14. The predicted molar refractivity (Wildman–Crippen MR) is 119 cm³/mol. The molecule has 1 unspecified atom stereocenters. The van der Waals surface area contributed by atoms with Crippen LogP contribution in [-0.2, 0) is 28.7 Å². The molecule has 11 heteroatoms. The minimum Gasteiger partial charge on any atom is -0.390 e. The van der Waals surface area contributed by atoms with E-state index in [0.29, 0.717) is 22.8 Å². The second kappa shape index (κ2) is 9.15. The van der Waals surface area contributed by atoms with Gasteiger partial charge in [-0.15, -0.1) is 11.3 Å². The highest BCUT2D eigenvalue weighted by Crippen LogP contribution is 2.44. The van der Waals surface area contributed by atoms with Crippen molar-refractivity contribution in [3.8, 4) is 6.07 Å². The topological polar surface area (TPSA) is 171 Å². The zero-order valence-corrected chi connectivity index (χ0v) is 19.8. The summed E-state index contributed by atoms with van der Waals surface area (Å²) in [5, 5.41) is 49.0. The minimum absolute atomic E-state index is 0.0821. The van der Waals surface area contributed by atoms with Crippen molar-refractivity contribution in [2.45, 2.75) is 74.7 Å². The lowest BCUT2D eigenvalue weighted by Crippen LogP contribution is -2.36. The number of aliphatic hydroxyl groups is 4. The summed E-state index contributed by atoms with van der Waals surface area (Å²) in [7, 11) is -3.80. The van der Waals surface area contributed by atoms with E-state index in [1.54, 1.807) is 6.07 Å². The zero-order chi connectivity index (χ0) is 23.8. The largest absolute Gasteiger partial charge is 0.390 e. The summed E-state index contributed by atoms with van der Waals surface area (Å²) in [5.74, 6) is -1.89. The van der Waals surface area contributed by atoms with Gasteiger partial charge in [0.15, 0.2) is 5.01 Å². The molecule has 2 aromatic rings. The van der Waals surface area contributed by atoms with Crippen LogP contribution in [0.4, 0.5) is 0 Å². The zero-order valence-electron chi connectivity index (χ0n) is 18.1. The molecule has 1 aliphatic rings. The highest BCUT2D eigenvalue weighted by molar-refractivity contribution is 7.92. The van der Waals surface area contributed by atoms with Gasteiger partial charge in [-0.1, -0.05) is 13.8 Å². The van der Waals surface area contributed by atoms with E-state index in [9.17, 15) is 29.9 Å². The lowest BCUT2D eigenvalue weighted by Gasteiger charge is -2.22. The maximum atomic E-state index is 13.1. The molecule has 1 aromatic heterocycles. The van der Waals surface area contributed by atoms with Gasteiger partial charge in [-0.25, -0.2) is 14.0 Å². The van der Waals surface area contributed by atoms with Crippen molar-refractivity contribution in [2.24, 2.45) is 0 Å². The van der Waals surface area contributed by atoms with Crippen LogP contribution in [-0.4, -0.2) is 35.8 Å². The maximum Gasteiger partial charge on any atom is 0.214 e. The van der Waals surface area contributed by atoms with Crippen molar-refractivity contribution in [1.82, 2.24) is 9.71 Å². The molecule has 0 amide bonds. The Bertz CT molecular complexity index is 1120. The average Bonchev–Trinajstić information content (AvgIpc) is 3.42. The van der Waals surface area contributed by atoms with Crippen molar-refractivity contribution in [3.63, 3.8) is 0 Å². The first-order valence-electron chi connectivity index (χ1n) is 10.2. The van der Waals surface area contributed by atoms with E-state index >= 15 is 0 Å². The lowest BCUT2D eigenvalue weighted by atomic mass is 9.87. The quantitative estimate of drug-likeness (QED) is 0.298. The number of aromatic nitrogens is 1. The number of nitrogens with one attached hydrogen (secondary N) is 2. The van der Waals surface area contributed by atoms with Crippen LogP contribution in [0.3, 0.4) is 0 Å². The molecule has 2 atom stereocenters. The first kappa shape index (κ1) is 24.7. The van der Waals surface area contributed by atoms with Crippen molar-refractivity contribution < 1.29 is 24.6 Å². The summed E-state index contributed by atoms with van der Waals surface area (Å²) < 4.78 is 23.6. The number of hydrogen-bond donors (Lipinski definition) is 6. The Morgan fingerprint density at radius 3 is 2.56 bits per heavy atom. The third-order valence-corrected chi connectivity index (χ3v) is 8.67. The molecule has 0 aliphatic heterocycles. The molecule has 1 aliphatic carbocycles. The van der Waals surface area contributed by atoms with Crippen LogP contribution in [0.2, 0.25) is 0 Å². The van der Waals surface area contributed by atoms with Crippen LogP contribution < -0.4 is 4.72 Å². The molecular formula is C21H28N4O5S2. The fourth-order valence-corrected chi connectivity index (χ4v) is 6.26. The molecular weight excluding hydrogens is 452 g/mol. The molecule has 0 bridgehead atoms. The Kier molecular flexibility index (Phi) is 7.07. The number of benzene rings is 1. The number of nitrogens with zero attached hydrogens (tertiary/aromatic N) is 2. The van der Waals surface area contributed by atoms with Crippen molar-refractivity contribution in [3.05, 3.63) is 45.1 Å². The number of hydrogen-bond acceptors (Lipinski definition) is 9. The van der Waals surface area contributed by atoms with Gasteiger partial charge in [0.2, 0.25) is 5.79 Å². The van der Waals surface area contributed by atoms with E-state index in [1.165, 1.54) is 0 Å². The molecule has 0 radical (unpaired) electrons. The SMILES string of the molecule is CC(C)c1cc(C#N)cc(C2CC2)c1CC(O)N[S@](=N)(=O)c1sc(C(C)(O)O)nc1CO. The number of nitriles is 1. The molecule has 32 heavy (non-hydrogen) atoms. The fourth-order valence-electron chi connectivity index (χ4n) is 3.64. The first-order valence-corrected chi connectivity index (χ1v) is 12.6. The van der Waals surface area contributed by atoms with Crippen molar-refractivity contribution in [1.29, 1.82) is 10.0 Å². The number of rotatable bonds is 9. The van der Waals surface area contributed by atoms with Crippen LogP contribution in [0.25, 0.3) is 0 Å². The Morgan fingerprint density at radius 2 is 2.06 bits per heavy atom. The Labute approximate surface area is 191 Å². The van der Waals surface area contributed by atoms with Crippen LogP contribution in [0.1, 0.15) is 78.4 Å². The Hall–Kier alpha value is -1.91. The fraction of sp³-hybridized carbons (Fsp3) is 0.524. The third-order valence-electron chi connectivity index (χ3n) is 5.26. The van der Waals surface area contributed by atoms with Crippen molar-refractivity contribution in [2.75, 3.05) is 0 Å². The molecule has 1 fully saturated rings. The Morgan fingerprint density at radius 1 is 1.41 bits per heavy atom. The van der Waals surface area contributed by atoms with Gasteiger partial charge in [-0.3, -0.25) is 0 Å². The van der Waals surface area contributed by atoms with E-state index < -0.39 is 28.5 Å². The van der Waals surface area contributed by atoms with E-state index in [-0.39, 0.29) is 27.2 Å². The molecule has 1 heterocycles. The molecule has 3 rings (SSSR count). The van der Waals surface area contributed by atoms with E-state index in [2.05, 4.69) is 15.8 Å². The van der Waals surface area contributed by atoms with E-state index in [4.69, 9.17) is 4.78 Å². The van der Waals surface area contributed by atoms with Crippen LogP contribution in [0.15, 0.2) is 16.3 Å². The van der Waals surface area contributed by atoms with Gasteiger partial charge in [-0.2, -0.15) is 9.98 Å². The molecule has 6 N–H and O–H groups in total. The number of aliphatic hydroxyl groups excluding tert-OH is 2. The van der Waals surface area contributed by atoms with Crippen molar-refractivity contribution >= 4 is 21.3 Å². The Balaban J connectivity index is 1.92. The highest BCUT2D eigenvalue weighted by Gasteiger charge is 2.32. The lowest BCUT2D eigenvalue weighted by molar-refractivity contribution is -0.152. The van der Waals surface area contributed by atoms with E-state index in [0.717, 1.165) is 36.5 Å². The van der Waals surface area contributed by atoms with Crippen LogP contribution in [0.5, 0.6) is 0 Å². The molecule has 0 spiro atoms. The number of thiazole rings is 1. The smallest absolute Gasteiger partial charge is 0.214 e.